The molecule has 0 aliphatic heterocycles. The zero-order valence-corrected chi connectivity index (χ0v) is 10.3. The highest BCUT2D eigenvalue weighted by molar-refractivity contribution is 8.14. The van der Waals surface area contributed by atoms with E-state index in [4.69, 9.17) is 33.9 Å². The van der Waals surface area contributed by atoms with E-state index in [1.54, 1.807) is 0 Å². The summed E-state index contributed by atoms with van der Waals surface area (Å²) in [7, 11) is 0.721. The monoisotopic (exact) mass is 310 g/mol. The molecule has 0 bridgehead atoms. The molecule has 0 N–H and O–H groups in total. The van der Waals surface area contributed by atoms with E-state index in [1.165, 1.54) is 0 Å². The van der Waals surface area contributed by atoms with Crippen molar-refractivity contribution in [2.75, 3.05) is 0 Å². The van der Waals surface area contributed by atoms with Gasteiger partial charge in [-0.15, -0.1) is 0 Å². The van der Waals surface area contributed by atoms with Crippen molar-refractivity contribution in [2.24, 2.45) is 0 Å². The van der Waals surface area contributed by atoms with Gasteiger partial charge in [0, 0.05) is 21.8 Å². The SMILES string of the molecule is O=S(=O)(Cl)c1c(Cl)cc(Cl)cc1OC(F)F. The van der Waals surface area contributed by atoms with E-state index in [0.29, 0.717) is 0 Å². The molecule has 0 heterocycles. The van der Waals surface area contributed by atoms with Crippen molar-refractivity contribution in [2.45, 2.75) is 11.5 Å². The Balaban J connectivity index is 3.45. The maximum absolute atomic E-state index is 12.0. The first-order valence-corrected chi connectivity index (χ1v) is 6.67. The van der Waals surface area contributed by atoms with Gasteiger partial charge in [0.15, 0.2) is 0 Å². The van der Waals surface area contributed by atoms with Crippen LogP contribution in [0.25, 0.3) is 0 Å². The minimum Gasteiger partial charge on any atom is -0.433 e. The number of benzene rings is 1. The lowest BCUT2D eigenvalue weighted by atomic mass is 10.3. The van der Waals surface area contributed by atoms with Crippen LogP contribution in [-0.4, -0.2) is 15.0 Å². The van der Waals surface area contributed by atoms with Crippen LogP contribution in [0.4, 0.5) is 8.78 Å². The Morgan fingerprint density at radius 1 is 1.25 bits per heavy atom. The van der Waals surface area contributed by atoms with Crippen LogP contribution in [0.3, 0.4) is 0 Å². The predicted molar refractivity (Wildman–Crippen MR) is 56.1 cm³/mol. The van der Waals surface area contributed by atoms with Crippen molar-refractivity contribution >= 4 is 42.9 Å². The second-order valence-electron chi connectivity index (χ2n) is 2.53. The van der Waals surface area contributed by atoms with Crippen LogP contribution in [0.1, 0.15) is 0 Å². The molecule has 0 unspecified atom stereocenters. The van der Waals surface area contributed by atoms with Gasteiger partial charge in [-0.05, 0) is 6.07 Å². The van der Waals surface area contributed by atoms with Gasteiger partial charge in [-0.25, -0.2) is 8.42 Å². The number of ether oxygens (including phenoxy) is 1. The largest absolute Gasteiger partial charge is 0.433 e. The summed E-state index contributed by atoms with van der Waals surface area (Å²) >= 11 is 11.0. The molecule has 1 aromatic rings. The highest BCUT2D eigenvalue weighted by Gasteiger charge is 2.24. The van der Waals surface area contributed by atoms with Crippen molar-refractivity contribution in [1.29, 1.82) is 0 Å². The van der Waals surface area contributed by atoms with E-state index >= 15 is 0 Å². The van der Waals surface area contributed by atoms with E-state index in [2.05, 4.69) is 4.74 Å². The number of hydrogen-bond acceptors (Lipinski definition) is 3. The van der Waals surface area contributed by atoms with Crippen LogP contribution >= 0.6 is 33.9 Å². The van der Waals surface area contributed by atoms with Crippen LogP contribution in [0.5, 0.6) is 5.75 Å². The van der Waals surface area contributed by atoms with Crippen molar-refractivity contribution in [1.82, 2.24) is 0 Å². The molecule has 90 valence electrons. The van der Waals surface area contributed by atoms with Crippen LogP contribution in [0, 0.1) is 0 Å². The van der Waals surface area contributed by atoms with Crippen LogP contribution < -0.4 is 4.74 Å². The zero-order chi connectivity index (χ0) is 12.5. The van der Waals surface area contributed by atoms with Gasteiger partial charge < -0.3 is 4.74 Å². The average Bonchev–Trinajstić information content (AvgIpc) is 1.96. The van der Waals surface area contributed by atoms with Gasteiger partial charge in [-0.1, -0.05) is 23.2 Å². The van der Waals surface area contributed by atoms with Gasteiger partial charge in [0.05, 0.1) is 5.02 Å². The molecule has 0 atom stereocenters. The van der Waals surface area contributed by atoms with Crippen LogP contribution in [0.15, 0.2) is 17.0 Å². The number of halogens is 5. The third kappa shape index (κ3) is 3.35. The summed E-state index contributed by atoms with van der Waals surface area (Å²) in [6.07, 6.45) is 0. The quantitative estimate of drug-likeness (QED) is 0.802. The van der Waals surface area contributed by atoms with Crippen molar-refractivity contribution < 1.29 is 21.9 Å². The maximum Gasteiger partial charge on any atom is 0.387 e. The first-order valence-electron chi connectivity index (χ1n) is 3.60. The Hall–Kier alpha value is -0.300. The molecular weight excluding hydrogens is 308 g/mol. The molecule has 0 saturated heterocycles. The number of rotatable bonds is 3. The van der Waals surface area contributed by atoms with E-state index in [9.17, 15) is 17.2 Å². The van der Waals surface area contributed by atoms with Gasteiger partial charge in [0.1, 0.15) is 10.6 Å². The second kappa shape index (κ2) is 4.91. The van der Waals surface area contributed by atoms with Crippen LogP contribution in [0.2, 0.25) is 10.0 Å². The Labute approximate surface area is 104 Å². The molecule has 1 aromatic carbocycles. The fourth-order valence-electron chi connectivity index (χ4n) is 0.957. The molecule has 0 spiro atoms. The lowest BCUT2D eigenvalue weighted by Crippen LogP contribution is -2.06. The van der Waals surface area contributed by atoms with Gasteiger partial charge in [-0.2, -0.15) is 8.78 Å². The molecule has 9 heteroatoms. The zero-order valence-electron chi connectivity index (χ0n) is 7.25. The summed E-state index contributed by atoms with van der Waals surface area (Å²) < 4.78 is 50.1. The molecule has 0 amide bonds. The second-order valence-corrected chi connectivity index (χ2v) is 5.88. The van der Waals surface area contributed by atoms with Gasteiger partial charge in [0.2, 0.25) is 0 Å². The Morgan fingerprint density at radius 2 is 1.81 bits per heavy atom. The third-order valence-electron chi connectivity index (χ3n) is 1.43. The highest BCUT2D eigenvalue weighted by Crippen LogP contribution is 2.37. The minimum atomic E-state index is -4.30. The summed E-state index contributed by atoms with van der Waals surface area (Å²) in [6.45, 7) is -3.22. The predicted octanol–water partition coefficient (Wildman–Crippen LogP) is 3.52. The van der Waals surface area contributed by atoms with Gasteiger partial charge in [0.25, 0.3) is 9.05 Å². The molecule has 1 rings (SSSR count). The average molecular weight is 312 g/mol. The number of hydrogen-bond donors (Lipinski definition) is 0. The van der Waals surface area contributed by atoms with Gasteiger partial charge >= 0.3 is 6.61 Å². The van der Waals surface area contributed by atoms with E-state index in [-0.39, 0.29) is 5.02 Å². The minimum absolute atomic E-state index is 0.0512. The van der Waals surface area contributed by atoms with Crippen LogP contribution in [-0.2, 0) is 9.05 Å². The normalized spacial score (nSPS) is 11.9. The Morgan fingerprint density at radius 3 is 2.25 bits per heavy atom. The summed E-state index contributed by atoms with van der Waals surface area (Å²) in [5.41, 5.74) is 0. The fraction of sp³-hybridized carbons (Fsp3) is 0.143. The smallest absolute Gasteiger partial charge is 0.387 e. The topological polar surface area (TPSA) is 43.4 Å². The standard InChI is InChI=1S/C7H3Cl3F2O3S/c8-3-1-4(9)6(16(10,13)14)5(2-3)15-7(11)12/h1-2,7H. The summed E-state index contributed by atoms with van der Waals surface area (Å²) in [4.78, 5) is -0.736. The molecule has 0 saturated carbocycles. The van der Waals surface area contributed by atoms with Crippen molar-refractivity contribution in [3.63, 3.8) is 0 Å². The Bertz CT molecular complexity index is 504. The molecule has 0 aliphatic carbocycles. The lowest BCUT2D eigenvalue weighted by Gasteiger charge is -2.10. The third-order valence-corrected chi connectivity index (χ3v) is 3.43. The van der Waals surface area contributed by atoms with E-state index in [0.717, 1.165) is 12.1 Å². The van der Waals surface area contributed by atoms with Crippen molar-refractivity contribution in [3.05, 3.63) is 22.2 Å². The van der Waals surface area contributed by atoms with Gasteiger partial charge in [-0.3, -0.25) is 0 Å². The molecule has 0 fully saturated rings. The summed E-state index contributed by atoms with van der Waals surface area (Å²) in [5, 5.41) is -0.442. The summed E-state index contributed by atoms with van der Waals surface area (Å²) in [5.74, 6) is -0.692. The van der Waals surface area contributed by atoms with Crippen molar-refractivity contribution in [3.8, 4) is 5.75 Å². The fourth-order valence-corrected chi connectivity index (χ4v) is 2.97. The first kappa shape index (κ1) is 13.8. The highest BCUT2D eigenvalue weighted by atomic mass is 35.7. The first-order chi connectivity index (χ1) is 7.21. The van der Waals surface area contributed by atoms with E-state index < -0.39 is 31.3 Å². The lowest BCUT2D eigenvalue weighted by molar-refractivity contribution is -0.0516. The molecule has 16 heavy (non-hydrogen) atoms. The maximum atomic E-state index is 12.0. The molecule has 0 aromatic heterocycles. The molecule has 3 nitrogen and oxygen atoms in total. The molecule has 0 radical (unpaired) electrons. The number of alkyl halides is 2. The summed E-state index contributed by atoms with van der Waals surface area (Å²) in [6, 6.07) is 1.94. The van der Waals surface area contributed by atoms with E-state index in [1.807, 2.05) is 0 Å². The molecule has 0 aliphatic rings. The Kier molecular flexibility index (Phi) is 4.23. The molecular formula is C7H3Cl3F2O3S.